The van der Waals surface area contributed by atoms with Gasteiger partial charge in [-0.1, -0.05) is 0 Å². The molecule has 2 aromatic carbocycles. The van der Waals surface area contributed by atoms with Crippen LogP contribution in [0, 0.1) is 0 Å². The van der Waals surface area contributed by atoms with Crippen molar-refractivity contribution < 1.29 is 28.6 Å². The fourth-order valence-corrected chi connectivity index (χ4v) is 3.09. The Balaban J connectivity index is 2.04. The van der Waals surface area contributed by atoms with Gasteiger partial charge < -0.3 is 23.8 Å². The molecule has 2 N–H and O–H groups in total. The third-order valence-corrected chi connectivity index (χ3v) is 4.32. The number of furan rings is 1. The van der Waals surface area contributed by atoms with Crippen molar-refractivity contribution in [2.75, 3.05) is 7.11 Å². The van der Waals surface area contributed by atoms with Gasteiger partial charge in [-0.15, -0.1) is 0 Å². The Bertz CT molecular complexity index is 1230. The highest BCUT2D eigenvalue weighted by Crippen LogP contribution is 2.41. The Morgan fingerprint density at radius 1 is 1.07 bits per heavy atom. The summed E-state index contributed by atoms with van der Waals surface area (Å²) < 4.78 is 16.0. The highest BCUT2D eigenvalue weighted by molar-refractivity contribution is 6.04. The van der Waals surface area contributed by atoms with Crippen LogP contribution in [0.4, 0.5) is 0 Å². The number of hydrogen-bond donors (Lipinski definition) is 2. The lowest BCUT2D eigenvalue weighted by Gasteiger charge is -2.03. The molecule has 2 heterocycles. The largest absolute Gasteiger partial charge is 0.502 e. The molecule has 27 heavy (non-hydrogen) atoms. The van der Waals surface area contributed by atoms with E-state index in [1.165, 1.54) is 12.1 Å². The van der Waals surface area contributed by atoms with E-state index in [1.54, 1.807) is 37.4 Å². The van der Waals surface area contributed by atoms with E-state index in [0.717, 1.165) is 0 Å². The van der Waals surface area contributed by atoms with Crippen molar-refractivity contribution in [1.82, 2.24) is 0 Å². The van der Waals surface area contributed by atoms with Crippen LogP contribution in [0.25, 0.3) is 33.3 Å². The van der Waals surface area contributed by atoms with E-state index >= 15 is 0 Å². The van der Waals surface area contributed by atoms with E-state index in [1.807, 2.05) is 0 Å². The Morgan fingerprint density at radius 3 is 2.48 bits per heavy atom. The highest BCUT2D eigenvalue weighted by atomic mass is 16.5. The zero-order valence-corrected chi connectivity index (χ0v) is 14.2. The number of methoxy groups -OCH3 is 1. The predicted molar refractivity (Wildman–Crippen MR) is 97.2 cm³/mol. The summed E-state index contributed by atoms with van der Waals surface area (Å²) in [6.07, 6.45) is -0.296. The maximum Gasteiger partial charge on any atom is 0.336 e. The van der Waals surface area contributed by atoms with Gasteiger partial charge in [-0.25, -0.2) is 4.79 Å². The van der Waals surface area contributed by atoms with Gasteiger partial charge in [0.1, 0.15) is 11.5 Å². The van der Waals surface area contributed by atoms with Crippen molar-refractivity contribution in [3.05, 3.63) is 58.4 Å². The lowest BCUT2D eigenvalue weighted by molar-refractivity contribution is -0.136. The summed E-state index contributed by atoms with van der Waals surface area (Å²) in [6.45, 7) is 0. The smallest absolute Gasteiger partial charge is 0.336 e. The van der Waals surface area contributed by atoms with Crippen molar-refractivity contribution in [2.45, 2.75) is 6.42 Å². The van der Waals surface area contributed by atoms with Crippen LogP contribution in [0.5, 0.6) is 11.5 Å². The molecule has 0 aliphatic carbocycles. The van der Waals surface area contributed by atoms with E-state index in [4.69, 9.17) is 13.6 Å². The first-order valence-corrected chi connectivity index (χ1v) is 8.05. The number of carboxylic acids is 1. The molecule has 7 nitrogen and oxygen atoms in total. The molecule has 0 spiro atoms. The van der Waals surface area contributed by atoms with Crippen LogP contribution in [0.2, 0.25) is 0 Å². The quantitative estimate of drug-likeness (QED) is 0.531. The molecular weight excluding hydrogens is 352 g/mol. The van der Waals surface area contributed by atoms with Gasteiger partial charge in [0, 0.05) is 28.0 Å². The van der Waals surface area contributed by atoms with Gasteiger partial charge in [0.15, 0.2) is 11.2 Å². The number of carbonyl (C=O) groups is 1. The van der Waals surface area contributed by atoms with Crippen LogP contribution in [0.15, 0.2) is 56.1 Å². The molecule has 2 aromatic heterocycles. The molecular formula is C20H14O7. The number of phenolic OH excluding ortho intramolecular Hbond substituents is 1. The van der Waals surface area contributed by atoms with Crippen LogP contribution in [-0.2, 0) is 11.2 Å². The standard InChI is InChI=1S/C20H14O7/c1-25-12-5-2-10(3-6-12)18-14(9-15(21)22)13-8-11-4-7-16(23)26-19(11)17(24)20(13)27-18/h2-8,24H,9H2,1H3,(H,21,22). The maximum atomic E-state index is 11.5. The zero-order valence-electron chi connectivity index (χ0n) is 14.2. The molecule has 0 fully saturated rings. The lowest BCUT2D eigenvalue weighted by atomic mass is 10.0. The summed E-state index contributed by atoms with van der Waals surface area (Å²) in [6, 6.07) is 11.3. The van der Waals surface area contributed by atoms with E-state index in [2.05, 4.69) is 0 Å². The first kappa shape index (κ1) is 16.7. The fraction of sp³-hybridized carbons (Fsp3) is 0.100. The molecule has 4 aromatic rings. The predicted octanol–water partition coefficient (Wildman–Crippen LogP) is 3.55. The number of phenols is 1. The Kier molecular flexibility index (Phi) is 3.84. The second kappa shape index (κ2) is 6.21. The molecule has 0 aliphatic rings. The minimum Gasteiger partial charge on any atom is -0.502 e. The van der Waals surface area contributed by atoms with Crippen LogP contribution in [-0.4, -0.2) is 23.3 Å². The summed E-state index contributed by atoms with van der Waals surface area (Å²) in [7, 11) is 1.55. The third kappa shape index (κ3) is 2.79. The molecule has 0 atom stereocenters. The number of ether oxygens (including phenoxy) is 1. The molecule has 0 saturated heterocycles. The molecule has 0 saturated carbocycles. The van der Waals surface area contributed by atoms with Crippen molar-refractivity contribution in [3.63, 3.8) is 0 Å². The van der Waals surface area contributed by atoms with Crippen LogP contribution >= 0.6 is 0 Å². The number of fused-ring (bicyclic) bond motifs is 2. The van der Waals surface area contributed by atoms with Gasteiger partial charge in [0.25, 0.3) is 0 Å². The van der Waals surface area contributed by atoms with Gasteiger partial charge in [0.2, 0.25) is 5.75 Å². The molecule has 0 radical (unpaired) electrons. The summed E-state index contributed by atoms with van der Waals surface area (Å²) >= 11 is 0. The number of benzene rings is 2. The highest BCUT2D eigenvalue weighted by Gasteiger charge is 2.23. The van der Waals surface area contributed by atoms with Crippen LogP contribution in [0.3, 0.4) is 0 Å². The molecule has 0 bridgehead atoms. The SMILES string of the molecule is COc1ccc(-c2oc3c(O)c4oc(=O)ccc4cc3c2CC(=O)O)cc1. The van der Waals surface area contributed by atoms with Crippen molar-refractivity contribution in [2.24, 2.45) is 0 Å². The fourth-order valence-electron chi connectivity index (χ4n) is 3.09. The normalized spacial score (nSPS) is 11.1. The molecule has 4 rings (SSSR count). The van der Waals surface area contributed by atoms with Gasteiger partial charge in [-0.05, 0) is 36.4 Å². The third-order valence-electron chi connectivity index (χ3n) is 4.32. The topological polar surface area (TPSA) is 110 Å². The Labute approximate surface area is 152 Å². The first-order chi connectivity index (χ1) is 13.0. The van der Waals surface area contributed by atoms with Crippen LogP contribution < -0.4 is 10.4 Å². The molecule has 7 heteroatoms. The van der Waals surface area contributed by atoms with Gasteiger partial charge in [-0.2, -0.15) is 0 Å². The van der Waals surface area contributed by atoms with Gasteiger partial charge >= 0.3 is 11.6 Å². The van der Waals surface area contributed by atoms with Crippen molar-refractivity contribution in [3.8, 4) is 22.8 Å². The molecule has 0 aliphatic heterocycles. The minimum absolute atomic E-state index is 0.00749. The van der Waals surface area contributed by atoms with E-state index in [9.17, 15) is 19.8 Å². The number of rotatable bonds is 4. The minimum atomic E-state index is -1.04. The molecule has 0 unspecified atom stereocenters. The summed E-state index contributed by atoms with van der Waals surface area (Å²) in [5.74, 6) is -0.411. The lowest BCUT2D eigenvalue weighted by Crippen LogP contribution is -2.00. The molecule has 136 valence electrons. The monoisotopic (exact) mass is 366 g/mol. The van der Waals surface area contributed by atoms with Crippen LogP contribution in [0.1, 0.15) is 5.56 Å². The first-order valence-electron chi connectivity index (χ1n) is 8.05. The number of aromatic hydroxyl groups is 1. The van der Waals surface area contributed by atoms with Gasteiger partial charge in [-0.3, -0.25) is 4.79 Å². The van der Waals surface area contributed by atoms with E-state index in [0.29, 0.717) is 33.4 Å². The average molecular weight is 366 g/mol. The summed E-state index contributed by atoms with van der Waals surface area (Å²) in [4.78, 5) is 22.9. The Hall–Kier alpha value is -3.74. The summed E-state index contributed by atoms with van der Waals surface area (Å²) in [5, 5.41) is 20.8. The average Bonchev–Trinajstić information content (AvgIpc) is 3.01. The second-order valence-electron chi connectivity index (χ2n) is 5.98. The van der Waals surface area contributed by atoms with E-state index < -0.39 is 11.6 Å². The van der Waals surface area contributed by atoms with Gasteiger partial charge in [0.05, 0.1) is 13.5 Å². The maximum absolute atomic E-state index is 11.5. The number of aliphatic carboxylic acids is 1. The Morgan fingerprint density at radius 2 is 1.81 bits per heavy atom. The van der Waals surface area contributed by atoms with Crippen molar-refractivity contribution >= 4 is 27.9 Å². The summed E-state index contributed by atoms with van der Waals surface area (Å²) in [5.41, 5.74) is 0.509. The second-order valence-corrected chi connectivity index (χ2v) is 5.98. The van der Waals surface area contributed by atoms with Crippen molar-refractivity contribution in [1.29, 1.82) is 0 Å². The van der Waals surface area contributed by atoms with E-state index in [-0.39, 0.29) is 23.3 Å². The zero-order chi connectivity index (χ0) is 19.1. The molecule has 0 amide bonds. The number of hydrogen-bond acceptors (Lipinski definition) is 6. The number of carboxylic acid groups (broad SMARTS) is 1.